The van der Waals surface area contributed by atoms with Crippen LogP contribution in [0, 0.1) is 6.92 Å². The third kappa shape index (κ3) is 2.40. The number of hydrogen-bond donors (Lipinski definition) is 1. The highest BCUT2D eigenvalue weighted by atomic mass is 79.9. The van der Waals surface area contributed by atoms with E-state index in [1.165, 1.54) is 0 Å². The van der Waals surface area contributed by atoms with Gasteiger partial charge in [-0.2, -0.15) is 0 Å². The molecule has 3 heteroatoms. The molecule has 1 fully saturated rings. The molecule has 2 rings (SSSR count). The molecule has 0 aromatic heterocycles. The maximum atomic E-state index is 11.9. The second-order valence-corrected chi connectivity index (χ2v) is 5.35. The first-order chi connectivity index (χ1) is 7.00. The molecule has 1 aliphatic rings. The maximum Gasteiger partial charge on any atom is 0.252 e. The number of rotatable bonds is 2. The van der Waals surface area contributed by atoms with E-state index >= 15 is 0 Å². The highest BCUT2D eigenvalue weighted by Gasteiger charge is 2.39. The Kier molecular flexibility index (Phi) is 2.59. The van der Waals surface area contributed by atoms with Gasteiger partial charge in [-0.05, 0) is 54.8 Å². The van der Waals surface area contributed by atoms with Crippen LogP contribution in [0.25, 0.3) is 0 Å². The zero-order valence-electron chi connectivity index (χ0n) is 8.93. The molecule has 1 aliphatic carbocycles. The number of aryl methyl sites for hydroxylation is 1. The lowest BCUT2D eigenvalue weighted by Crippen LogP contribution is -2.34. The minimum Gasteiger partial charge on any atom is -0.347 e. The standard InChI is InChI=1S/C12H14BrNO/c1-8-3-4-10(13)9(7-8)11(15)14-12(2)5-6-12/h3-4,7H,5-6H2,1-2H3,(H,14,15). The summed E-state index contributed by atoms with van der Waals surface area (Å²) in [6, 6.07) is 5.81. The quantitative estimate of drug-likeness (QED) is 0.877. The van der Waals surface area contributed by atoms with E-state index < -0.39 is 0 Å². The Hall–Kier alpha value is -0.830. The van der Waals surface area contributed by atoms with Gasteiger partial charge < -0.3 is 5.32 Å². The predicted molar refractivity (Wildman–Crippen MR) is 64.0 cm³/mol. The lowest BCUT2D eigenvalue weighted by atomic mass is 10.1. The summed E-state index contributed by atoms with van der Waals surface area (Å²) in [6.07, 6.45) is 2.17. The van der Waals surface area contributed by atoms with E-state index in [4.69, 9.17) is 0 Å². The number of halogens is 1. The largest absolute Gasteiger partial charge is 0.347 e. The minimum atomic E-state index is 0.0191. The number of carbonyl (C=O) groups is 1. The van der Waals surface area contributed by atoms with E-state index in [0.29, 0.717) is 0 Å². The Labute approximate surface area is 98.2 Å². The third-order valence-corrected chi connectivity index (χ3v) is 3.47. The molecule has 0 unspecified atom stereocenters. The van der Waals surface area contributed by atoms with Crippen molar-refractivity contribution in [2.24, 2.45) is 0 Å². The van der Waals surface area contributed by atoms with Gasteiger partial charge in [-0.15, -0.1) is 0 Å². The van der Waals surface area contributed by atoms with Crippen molar-refractivity contribution >= 4 is 21.8 Å². The normalized spacial score (nSPS) is 17.3. The molecule has 1 saturated carbocycles. The van der Waals surface area contributed by atoms with Crippen LogP contribution < -0.4 is 5.32 Å². The van der Waals surface area contributed by atoms with E-state index in [1.54, 1.807) is 0 Å². The molecular formula is C12H14BrNO. The molecule has 1 N–H and O–H groups in total. The van der Waals surface area contributed by atoms with Crippen molar-refractivity contribution in [2.75, 3.05) is 0 Å². The van der Waals surface area contributed by atoms with Crippen LogP contribution in [-0.2, 0) is 0 Å². The summed E-state index contributed by atoms with van der Waals surface area (Å²) in [5.41, 5.74) is 1.87. The smallest absolute Gasteiger partial charge is 0.252 e. The van der Waals surface area contributed by atoms with Crippen molar-refractivity contribution in [3.8, 4) is 0 Å². The highest BCUT2D eigenvalue weighted by molar-refractivity contribution is 9.10. The molecule has 0 spiro atoms. The summed E-state index contributed by atoms with van der Waals surface area (Å²) < 4.78 is 0.856. The van der Waals surface area contributed by atoms with Gasteiger partial charge in [-0.3, -0.25) is 4.79 Å². The molecule has 1 amide bonds. The van der Waals surface area contributed by atoms with Crippen molar-refractivity contribution in [3.63, 3.8) is 0 Å². The van der Waals surface area contributed by atoms with Crippen molar-refractivity contribution in [1.29, 1.82) is 0 Å². The topological polar surface area (TPSA) is 29.1 Å². The van der Waals surface area contributed by atoms with E-state index in [1.807, 2.05) is 25.1 Å². The monoisotopic (exact) mass is 267 g/mol. The fourth-order valence-electron chi connectivity index (χ4n) is 1.47. The molecule has 0 bridgehead atoms. The summed E-state index contributed by atoms with van der Waals surface area (Å²) in [4.78, 5) is 11.9. The average Bonchev–Trinajstić information content (AvgIpc) is 2.87. The lowest BCUT2D eigenvalue weighted by molar-refractivity contribution is 0.0934. The Morgan fingerprint density at radius 1 is 1.47 bits per heavy atom. The molecule has 0 heterocycles. The summed E-state index contributed by atoms with van der Waals surface area (Å²) in [5.74, 6) is 0.0191. The second-order valence-electron chi connectivity index (χ2n) is 4.50. The van der Waals surface area contributed by atoms with Gasteiger partial charge in [0.2, 0.25) is 0 Å². The van der Waals surface area contributed by atoms with Gasteiger partial charge in [-0.25, -0.2) is 0 Å². The van der Waals surface area contributed by atoms with E-state index in [0.717, 1.165) is 28.4 Å². The van der Waals surface area contributed by atoms with Crippen LogP contribution in [-0.4, -0.2) is 11.4 Å². The molecule has 0 aliphatic heterocycles. The first kappa shape index (κ1) is 10.7. The van der Waals surface area contributed by atoms with Gasteiger partial charge in [0.25, 0.3) is 5.91 Å². The molecule has 15 heavy (non-hydrogen) atoms. The molecule has 0 atom stereocenters. The van der Waals surface area contributed by atoms with Crippen molar-refractivity contribution in [2.45, 2.75) is 32.2 Å². The predicted octanol–water partition coefficient (Wildman–Crippen LogP) is 3.04. The number of amides is 1. The first-order valence-corrected chi connectivity index (χ1v) is 5.88. The van der Waals surface area contributed by atoms with Gasteiger partial charge in [0.15, 0.2) is 0 Å². The Bertz CT molecular complexity index is 410. The van der Waals surface area contributed by atoms with Crippen LogP contribution in [0.15, 0.2) is 22.7 Å². The van der Waals surface area contributed by atoms with Gasteiger partial charge >= 0.3 is 0 Å². The Morgan fingerprint density at radius 3 is 2.73 bits per heavy atom. The number of nitrogens with one attached hydrogen (secondary N) is 1. The molecule has 2 nitrogen and oxygen atoms in total. The van der Waals surface area contributed by atoms with Gasteiger partial charge in [0.05, 0.1) is 5.56 Å². The van der Waals surface area contributed by atoms with E-state index in [2.05, 4.69) is 28.2 Å². The Balaban J connectivity index is 2.21. The van der Waals surface area contributed by atoms with Crippen LogP contribution in [0.4, 0.5) is 0 Å². The van der Waals surface area contributed by atoms with Crippen LogP contribution >= 0.6 is 15.9 Å². The molecule has 1 aromatic rings. The molecule has 0 radical (unpaired) electrons. The summed E-state index contributed by atoms with van der Waals surface area (Å²) in [6.45, 7) is 4.07. The molecule has 0 saturated heterocycles. The molecular weight excluding hydrogens is 254 g/mol. The van der Waals surface area contributed by atoms with Crippen molar-refractivity contribution in [3.05, 3.63) is 33.8 Å². The first-order valence-electron chi connectivity index (χ1n) is 5.09. The SMILES string of the molecule is Cc1ccc(Br)c(C(=O)NC2(C)CC2)c1. The van der Waals surface area contributed by atoms with Gasteiger partial charge in [-0.1, -0.05) is 11.6 Å². The molecule has 1 aromatic carbocycles. The maximum absolute atomic E-state index is 11.9. The van der Waals surface area contributed by atoms with Gasteiger partial charge in [0, 0.05) is 10.0 Å². The van der Waals surface area contributed by atoms with E-state index in [-0.39, 0.29) is 11.4 Å². The summed E-state index contributed by atoms with van der Waals surface area (Å²) >= 11 is 3.40. The number of hydrogen-bond acceptors (Lipinski definition) is 1. The highest BCUT2D eigenvalue weighted by Crippen LogP contribution is 2.34. The van der Waals surface area contributed by atoms with Crippen LogP contribution in [0.2, 0.25) is 0 Å². The van der Waals surface area contributed by atoms with Gasteiger partial charge in [0.1, 0.15) is 0 Å². The zero-order chi connectivity index (χ0) is 11.1. The molecule has 80 valence electrons. The Morgan fingerprint density at radius 2 is 2.13 bits per heavy atom. The van der Waals surface area contributed by atoms with Crippen molar-refractivity contribution in [1.82, 2.24) is 5.32 Å². The van der Waals surface area contributed by atoms with Crippen LogP contribution in [0.5, 0.6) is 0 Å². The fraction of sp³-hybridized carbons (Fsp3) is 0.417. The second kappa shape index (κ2) is 3.63. The third-order valence-electron chi connectivity index (χ3n) is 2.78. The van der Waals surface area contributed by atoms with E-state index in [9.17, 15) is 4.79 Å². The van der Waals surface area contributed by atoms with Crippen LogP contribution in [0.1, 0.15) is 35.7 Å². The number of benzene rings is 1. The van der Waals surface area contributed by atoms with Crippen LogP contribution in [0.3, 0.4) is 0 Å². The lowest BCUT2D eigenvalue weighted by Gasteiger charge is -2.12. The zero-order valence-corrected chi connectivity index (χ0v) is 10.5. The number of carbonyl (C=O) groups excluding carboxylic acids is 1. The summed E-state index contributed by atoms with van der Waals surface area (Å²) in [5, 5.41) is 3.05. The van der Waals surface area contributed by atoms with Crippen molar-refractivity contribution < 1.29 is 4.79 Å². The summed E-state index contributed by atoms with van der Waals surface area (Å²) in [7, 11) is 0. The fourth-order valence-corrected chi connectivity index (χ4v) is 1.89. The average molecular weight is 268 g/mol. The minimum absolute atomic E-state index is 0.0191.